The lowest BCUT2D eigenvalue weighted by Crippen LogP contribution is -2.43. The molecule has 57 valence electrons. The van der Waals surface area contributed by atoms with Gasteiger partial charge in [-0.05, 0) is 0 Å². The maximum absolute atomic E-state index is 11.0. The first kappa shape index (κ1) is 6.17. The Morgan fingerprint density at radius 3 is 3.09 bits per heavy atom. The van der Waals surface area contributed by atoms with Gasteiger partial charge in [0.2, 0.25) is 6.29 Å². The summed E-state index contributed by atoms with van der Waals surface area (Å²) in [5.74, 6) is 0.194. The molecule has 1 radical (unpaired) electrons. The smallest absolute Gasteiger partial charge is 0.274 e. The van der Waals surface area contributed by atoms with Gasteiger partial charge in [0.1, 0.15) is 5.69 Å². The van der Waals surface area contributed by atoms with E-state index in [0.717, 1.165) is 0 Å². The van der Waals surface area contributed by atoms with Crippen molar-refractivity contribution in [2.45, 2.75) is 0 Å². The van der Waals surface area contributed by atoms with Gasteiger partial charge in [0, 0.05) is 0 Å². The maximum atomic E-state index is 11.0. The lowest BCUT2D eigenvalue weighted by atomic mass is 10.3. The summed E-state index contributed by atoms with van der Waals surface area (Å²) in [4.78, 5) is 17.5. The molecule has 0 spiro atoms. The number of carbonyl (C=O) groups is 1. The number of nitrogens with zero attached hydrogens (tertiary/aromatic N) is 1. The summed E-state index contributed by atoms with van der Waals surface area (Å²) >= 11 is 0. The quantitative estimate of drug-likeness (QED) is 0.382. The summed E-state index contributed by atoms with van der Waals surface area (Å²) in [6.07, 6.45) is 1.63. The maximum Gasteiger partial charge on any atom is 0.274 e. The molecule has 2 heterocycles. The fraction of sp³-hybridized carbons (Fsp3) is 0. The zero-order valence-corrected chi connectivity index (χ0v) is 5.51. The number of rotatable bonds is 0. The number of nitrogens with two attached hydrogens (primary N) is 1. The first-order valence-corrected chi connectivity index (χ1v) is 3.01. The molecule has 1 aromatic heterocycles. The van der Waals surface area contributed by atoms with Crippen LogP contribution < -0.4 is 16.4 Å². The highest BCUT2D eigenvalue weighted by Gasteiger charge is 2.23. The van der Waals surface area contributed by atoms with Crippen LogP contribution in [-0.2, 0) is 0 Å². The number of aromatic nitrogens is 2. The Labute approximate surface area is 62.2 Å². The number of imidazole rings is 1. The molecule has 0 atom stereocenters. The predicted octanol–water partition coefficient (Wildman–Crippen LogP) is -1.03. The Morgan fingerprint density at radius 2 is 2.27 bits per heavy atom. The zero-order valence-electron chi connectivity index (χ0n) is 5.51. The molecule has 1 amide bonds. The van der Waals surface area contributed by atoms with Gasteiger partial charge in [-0.1, -0.05) is 0 Å². The summed E-state index contributed by atoms with van der Waals surface area (Å²) in [5, 5.41) is 5.09. The molecule has 1 aromatic rings. The van der Waals surface area contributed by atoms with Crippen molar-refractivity contribution in [2.75, 3.05) is 5.32 Å². The molecule has 1 aliphatic heterocycles. The van der Waals surface area contributed by atoms with Gasteiger partial charge in [-0.2, -0.15) is 0 Å². The Morgan fingerprint density at radius 1 is 1.45 bits per heavy atom. The van der Waals surface area contributed by atoms with Gasteiger partial charge in [-0.3, -0.25) is 10.5 Å². The molecule has 0 fully saturated rings. The number of nitrogens with one attached hydrogen (secondary N) is 3. The second-order valence-electron chi connectivity index (χ2n) is 2.12. The number of fused-ring (bicyclic) bond motifs is 1. The van der Waals surface area contributed by atoms with Crippen LogP contribution in [0.15, 0.2) is 6.33 Å². The number of carbonyl (C=O) groups excluding carboxylic acids is 1. The third-order valence-electron chi connectivity index (χ3n) is 1.37. The molecular formula is C5H6N5O. The lowest BCUT2D eigenvalue weighted by Gasteiger charge is -2.18. The number of anilines is 1. The van der Waals surface area contributed by atoms with Crippen molar-refractivity contribution in [1.82, 2.24) is 15.3 Å². The van der Waals surface area contributed by atoms with Gasteiger partial charge in [0.15, 0.2) is 5.82 Å². The summed E-state index contributed by atoms with van der Waals surface area (Å²) in [6.45, 7) is 0. The van der Waals surface area contributed by atoms with Crippen molar-refractivity contribution in [3.8, 4) is 0 Å². The molecule has 0 saturated heterocycles. The number of hydrogen-bond acceptors (Lipinski definition) is 4. The highest BCUT2D eigenvalue weighted by atomic mass is 16.2. The molecule has 2 rings (SSSR count). The molecule has 11 heavy (non-hydrogen) atoms. The fourth-order valence-corrected chi connectivity index (χ4v) is 0.906. The minimum absolute atomic E-state index is 0.203. The number of amides is 1. The van der Waals surface area contributed by atoms with Gasteiger partial charge in [0.05, 0.1) is 6.33 Å². The van der Waals surface area contributed by atoms with Crippen molar-refractivity contribution in [2.24, 2.45) is 5.73 Å². The second kappa shape index (κ2) is 1.96. The third kappa shape index (κ3) is 0.838. The SMILES string of the molecule is N[C]1NC(=O)c2[nH]cnc2N1. The van der Waals surface area contributed by atoms with Crippen molar-refractivity contribution >= 4 is 11.7 Å². The average molecular weight is 152 g/mol. The predicted molar refractivity (Wildman–Crippen MR) is 37.1 cm³/mol. The van der Waals surface area contributed by atoms with Crippen LogP contribution in [0.4, 0.5) is 5.82 Å². The van der Waals surface area contributed by atoms with Crippen LogP contribution in [0.3, 0.4) is 0 Å². The minimum atomic E-state index is -0.270. The lowest BCUT2D eigenvalue weighted by molar-refractivity contribution is 0.0949. The van der Waals surface area contributed by atoms with Crippen LogP contribution in [0.1, 0.15) is 10.5 Å². The van der Waals surface area contributed by atoms with E-state index < -0.39 is 0 Å². The molecule has 5 N–H and O–H groups in total. The molecule has 0 unspecified atom stereocenters. The van der Waals surface area contributed by atoms with E-state index in [1.165, 1.54) is 6.33 Å². The highest BCUT2D eigenvalue weighted by Crippen LogP contribution is 2.14. The standard InChI is InChI=1S/C5H6N5O/c6-5-9-3-2(4(11)10-5)7-1-8-3/h1,9H,6H2,(H,7,8)(H,10,11). The fourth-order valence-electron chi connectivity index (χ4n) is 0.906. The van der Waals surface area contributed by atoms with Crippen LogP contribution in [0, 0.1) is 6.29 Å². The van der Waals surface area contributed by atoms with Crippen molar-refractivity contribution in [1.29, 1.82) is 0 Å². The monoisotopic (exact) mass is 152 g/mol. The van der Waals surface area contributed by atoms with E-state index in [1.54, 1.807) is 0 Å². The normalized spacial score (nSPS) is 17.0. The van der Waals surface area contributed by atoms with Crippen LogP contribution in [0.2, 0.25) is 0 Å². The van der Waals surface area contributed by atoms with Crippen LogP contribution >= 0.6 is 0 Å². The Hall–Kier alpha value is -1.56. The summed E-state index contributed by atoms with van der Waals surface area (Å²) in [7, 11) is 0. The van der Waals surface area contributed by atoms with Crippen LogP contribution in [0.5, 0.6) is 0 Å². The van der Waals surface area contributed by atoms with E-state index in [1.807, 2.05) is 0 Å². The third-order valence-corrected chi connectivity index (χ3v) is 1.37. The van der Waals surface area contributed by atoms with Gasteiger partial charge < -0.3 is 15.6 Å². The molecule has 0 bridgehead atoms. The minimum Gasteiger partial charge on any atom is -0.339 e. The van der Waals surface area contributed by atoms with Gasteiger partial charge in [-0.25, -0.2) is 4.98 Å². The largest absolute Gasteiger partial charge is 0.339 e. The van der Waals surface area contributed by atoms with Crippen LogP contribution in [-0.4, -0.2) is 15.9 Å². The molecule has 6 nitrogen and oxygen atoms in total. The zero-order chi connectivity index (χ0) is 7.84. The molecule has 0 saturated carbocycles. The topological polar surface area (TPSA) is 95.8 Å². The van der Waals surface area contributed by atoms with Crippen molar-refractivity contribution in [3.05, 3.63) is 18.3 Å². The Balaban J connectivity index is 2.44. The van der Waals surface area contributed by atoms with E-state index in [2.05, 4.69) is 20.6 Å². The summed E-state index contributed by atoms with van der Waals surface area (Å²) < 4.78 is 0. The molecule has 0 aliphatic carbocycles. The molecule has 0 aromatic carbocycles. The highest BCUT2D eigenvalue weighted by molar-refractivity contribution is 5.99. The molecule has 1 aliphatic rings. The summed E-state index contributed by atoms with van der Waals surface area (Å²) in [6, 6.07) is 0. The van der Waals surface area contributed by atoms with E-state index in [9.17, 15) is 4.79 Å². The van der Waals surface area contributed by atoms with Gasteiger partial charge in [-0.15, -0.1) is 0 Å². The summed E-state index contributed by atoms with van der Waals surface area (Å²) in [5.41, 5.74) is 5.72. The van der Waals surface area contributed by atoms with Gasteiger partial charge in [0.25, 0.3) is 5.91 Å². The molecule has 6 heteroatoms. The average Bonchev–Trinajstić information content (AvgIpc) is 2.34. The van der Waals surface area contributed by atoms with E-state index in [4.69, 9.17) is 5.73 Å². The van der Waals surface area contributed by atoms with Crippen molar-refractivity contribution in [3.63, 3.8) is 0 Å². The first-order valence-electron chi connectivity index (χ1n) is 3.01. The van der Waals surface area contributed by atoms with Gasteiger partial charge >= 0.3 is 0 Å². The van der Waals surface area contributed by atoms with Crippen LogP contribution in [0.25, 0.3) is 0 Å². The molecular weight excluding hydrogens is 146 g/mol. The number of H-pyrrole nitrogens is 1. The van der Waals surface area contributed by atoms with E-state index >= 15 is 0 Å². The van der Waals surface area contributed by atoms with E-state index in [0.29, 0.717) is 11.5 Å². The first-order chi connectivity index (χ1) is 5.27. The van der Waals surface area contributed by atoms with Crippen molar-refractivity contribution < 1.29 is 4.79 Å². The van der Waals surface area contributed by atoms with E-state index in [-0.39, 0.29) is 12.2 Å². The Kier molecular flexibility index (Phi) is 1.10. The number of aromatic amines is 1. The second-order valence-corrected chi connectivity index (χ2v) is 2.12. The number of hydrogen-bond donors (Lipinski definition) is 4. The Bertz CT molecular complexity index is 293.